The molecule has 4 heteroatoms. The molecule has 0 aliphatic carbocycles. The molecule has 0 atom stereocenters. The van der Waals surface area contributed by atoms with E-state index in [1.165, 1.54) is 0 Å². The van der Waals surface area contributed by atoms with E-state index in [4.69, 9.17) is 5.21 Å². The quantitative estimate of drug-likeness (QED) is 0.455. The Kier molecular flexibility index (Phi) is 2.69. The molecule has 0 bridgehead atoms. The first-order valence-corrected chi connectivity index (χ1v) is 4.47. The van der Waals surface area contributed by atoms with Crippen LogP contribution >= 0.6 is 0 Å². The summed E-state index contributed by atoms with van der Waals surface area (Å²) in [6.07, 6.45) is 1.57. The highest BCUT2D eigenvalue weighted by Crippen LogP contribution is 2.07. The molecule has 0 aliphatic rings. The van der Waals surface area contributed by atoms with Gasteiger partial charge in [0.25, 0.3) is 0 Å². The number of aromatic nitrogens is 2. The maximum Gasteiger partial charge on any atom is 0.137 e. The van der Waals surface area contributed by atoms with E-state index < -0.39 is 0 Å². The third-order valence-corrected chi connectivity index (χ3v) is 1.96. The third-order valence-electron chi connectivity index (χ3n) is 1.96. The van der Waals surface area contributed by atoms with Gasteiger partial charge in [-0.1, -0.05) is 35.5 Å². The fourth-order valence-electron chi connectivity index (χ4n) is 1.28. The molecule has 1 heterocycles. The van der Waals surface area contributed by atoms with Crippen molar-refractivity contribution in [2.75, 3.05) is 0 Å². The molecule has 1 aromatic heterocycles. The lowest BCUT2D eigenvalue weighted by molar-refractivity contribution is 0.319. The van der Waals surface area contributed by atoms with Crippen molar-refractivity contribution >= 4 is 5.71 Å². The largest absolute Gasteiger partial charge is 0.410 e. The predicted octanol–water partition coefficient (Wildman–Crippen LogP) is 1.70. The standard InChI is InChI=1S/C11H9N3O/c15-14-11(9-5-2-1-3-6-9)10-7-4-8-12-13-10/h1-8,15H/b14-11+. The molecular weight excluding hydrogens is 190 g/mol. The molecule has 0 unspecified atom stereocenters. The second-order valence-corrected chi connectivity index (χ2v) is 2.92. The molecule has 0 saturated carbocycles. The van der Waals surface area contributed by atoms with Gasteiger partial charge in [0.05, 0.1) is 0 Å². The lowest BCUT2D eigenvalue weighted by Gasteiger charge is -2.01. The van der Waals surface area contributed by atoms with E-state index in [1.54, 1.807) is 18.3 Å². The number of benzene rings is 1. The molecule has 0 saturated heterocycles. The Morgan fingerprint density at radius 3 is 2.47 bits per heavy atom. The summed E-state index contributed by atoms with van der Waals surface area (Å²) in [5, 5.41) is 19.8. The van der Waals surface area contributed by atoms with E-state index in [0.717, 1.165) is 5.56 Å². The number of rotatable bonds is 2. The van der Waals surface area contributed by atoms with Crippen molar-refractivity contribution in [2.45, 2.75) is 0 Å². The van der Waals surface area contributed by atoms with Gasteiger partial charge in [-0.15, -0.1) is 5.10 Å². The van der Waals surface area contributed by atoms with E-state index in [0.29, 0.717) is 11.4 Å². The Labute approximate surface area is 86.9 Å². The van der Waals surface area contributed by atoms with E-state index in [2.05, 4.69) is 15.4 Å². The first-order chi connectivity index (χ1) is 7.42. The van der Waals surface area contributed by atoms with Crippen LogP contribution in [0.25, 0.3) is 0 Å². The Hall–Kier alpha value is -2.23. The molecule has 74 valence electrons. The lowest BCUT2D eigenvalue weighted by atomic mass is 10.1. The Morgan fingerprint density at radius 1 is 1.07 bits per heavy atom. The topological polar surface area (TPSA) is 58.4 Å². The minimum atomic E-state index is 0.420. The molecule has 0 amide bonds. The Balaban J connectivity index is 2.44. The molecule has 0 radical (unpaired) electrons. The summed E-state index contributed by atoms with van der Waals surface area (Å²) in [5.41, 5.74) is 1.77. The highest BCUT2D eigenvalue weighted by molar-refractivity contribution is 6.11. The maximum absolute atomic E-state index is 8.95. The average Bonchev–Trinajstić information content (AvgIpc) is 2.33. The summed E-state index contributed by atoms with van der Waals surface area (Å²) in [5.74, 6) is 0. The molecule has 2 aromatic rings. The van der Waals surface area contributed by atoms with Crippen LogP contribution in [0.5, 0.6) is 0 Å². The normalized spacial score (nSPS) is 11.3. The van der Waals surface area contributed by atoms with Gasteiger partial charge in [0.15, 0.2) is 0 Å². The van der Waals surface area contributed by atoms with E-state index in [9.17, 15) is 0 Å². The number of oxime groups is 1. The summed E-state index contributed by atoms with van der Waals surface area (Å²) in [4.78, 5) is 0. The smallest absolute Gasteiger partial charge is 0.137 e. The van der Waals surface area contributed by atoms with Crippen LogP contribution in [0.2, 0.25) is 0 Å². The van der Waals surface area contributed by atoms with Gasteiger partial charge < -0.3 is 5.21 Å². The minimum Gasteiger partial charge on any atom is -0.410 e. The molecule has 0 fully saturated rings. The van der Waals surface area contributed by atoms with Crippen molar-refractivity contribution in [1.82, 2.24) is 10.2 Å². The second-order valence-electron chi connectivity index (χ2n) is 2.92. The number of hydrogen-bond acceptors (Lipinski definition) is 4. The number of hydrogen-bond donors (Lipinski definition) is 1. The fourth-order valence-corrected chi connectivity index (χ4v) is 1.28. The number of nitrogens with zero attached hydrogens (tertiary/aromatic N) is 3. The minimum absolute atomic E-state index is 0.420. The van der Waals surface area contributed by atoms with E-state index in [-0.39, 0.29) is 0 Å². The van der Waals surface area contributed by atoms with Gasteiger partial charge >= 0.3 is 0 Å². The molecule has 0 aliphatic heterocycles. The van der Waals surface area contributed by atoms with Crippen LogP contribution in [0, 0.1) is 0 Å². The van der Waals surface area contributed by atoms with Crippen molar-refractivity contribution in [3.63, 3.8) is 0 Å². The van der Waals surface area contributed by atoms with Crippen LogP contribution < -0.4 is 0 Å². The van der Waals surface area contributed by atoms with Gasteiger partial charge in [-0.05, 0) is 12.1 Å². The summed E-state index contributed by atoms with van der Waals surface area (Å²) in [6, 6.07) is 12.8. The highest BCUT2D eigenvalue weighted by atomic mass is 16.4. The maximum atomic E-state index is 8.95. The summed E-state index contributed by atoms with van der Waals surface area (Å²) in [6.45, 7) is 0. The first kappa shape index (κ1) is 9.33. The molecule has 4 nitrogen and oxygen atoms in total. The highest BCUT2D eigenvalue weighted by Gasteiger charge is 2.07. The zero-order valence-corrected chi connectivity index (χ0v) is 7.91. The van der Waals surface area contributed by atoms with Gasteiger partial charge in [0, 0.05) is 11.8 Å². The van der Waals surface area contributed by atoms with Crippen LogP contribution in [0.3, 0.4) is 0 Å². The van der Waals surface area contributed by atoms with Crippen LogP contribution in [0.1, 0.15) is 11.3 Å². The van der Waals surface area contributed by atoms with Gasteiger partial charge in [0.1, 0.15) is 11.4 Å². The average molecular weight is 199 g/mol. The van der Waals surface area contributed by atoms with Crippen molar-refractivity contribution in [3.05, 3.63) is 59.9 Å². The Morgan fingerprint density at radius 2 is 1.87 bits per heavy atom. The van der Waals surface area contributed by atoms with Gasteiger partial charge in [-0.2, -0.15) is 5.10 Å². The molecule has 0 spiro atoms. The zero-order chi connectivity index (χ0) is 10.5. The van der Waals surface area contributed by atoms with E-state index in [1.807, 2.05) is 30.3 Å². The van der Waals surface area contributed by atoms with Crippen LogP contribution in [0.15, 0.2) is 53.8 Å². The van der Waals surface area contributed by atoms with Crippen LogP contribution in [0.4, 0.5) is 0 Å². The molecule has 15 heavy (non-hydrogen) atoms. The van der Waals surface area contributed by atoms with Gasteiger partial charge in [-0.25, -0.2) is 0 Å². The molecule has 2 rings (SSSR count). The SMILES string of the molecule is O/N=C(\c1ccccc1)c1cccnn1. The van der Waals surface area contributed by atoms with Crippen molar-refractivity contribution in [3.8, 4) is 0 Å². The monoisotopic (exact) mass is 199 g/mol. The van der Waals surface area contributed by atoms with Gasteiger partial charge in [-0.3, -0.25) is 0 Å². The van der Waals surface area contributed by atoms with Gasteiger partial charge in [0.2, 0.25) is 0 Å². The van der Waals surface area contributed by atoms with E-state index >= 15 is 0 Å². The summed E-state index contributed by atoms with van der Waals surface area (Å²) in [7, 11) is 0. The lowest BCUT2D eigenvalue weighted by Crippen LogP contribution is -2.06. The van der Waals surface area contributed by atoms with Crippen molar-refractivity contribution in [2.24, 2.45) is 5.16 Å². The molecular formula is C11H9N3O. The third kappa shape index (κ3) is 1.99. The zero-order valence-electron chi connectivity index (χ0n) is 7.91. The van der Waals surface area contributed by atoms with Crippen LogP contribution in [-0.2, 0) is 0 Å². The van der Waals surface area contributed by atoms with Crippen LogP contribution in [-0.4, -0.2) is 21.1 Å². The second kappa shape index (κ2) is 4.32. The molecule has 1 aromatic carbocycles. The van der Waals surface area contributed by atoms with Crippen molar-refractivity contribution < 1.29 is 5.21 Å². The Bertz CT molecular complexity index is 412. The summed E-state index contributed by atoms with van der Waals surface area (Å²) < 4.78 is 0. The summed E-state index contributed by atoms with van der Waals surface area (Å²) >= 11 is 0. The fraction of sp³-hybridized carbons (Fsp3) is 0. The first-order valence-electron chi connectivity index (χ1n) is 4.47. The predicted molar refractivity (Wildman–Crippen MR) is 55.9 cm³/mol. The molecule has 1 N–H and O–H groups in total. The van der Waals surface area contributed by atoms with Crippen molar-refractivity contribution in [1.29, 1.82) is 0 Å².